The van der Waals surface area contributed by atoms with Crippen LogP contribution < -0.4 is 15.2 Å². The van der Waals surface area contributed by atoms with E-state index in [1.165, 1.54) is 12.0 Å². The number of amides is 2. The van der Waals surface area contributed by atoms with E-state index in [4.69, 9.17) is 27.4 Å². The molecule has 29 heavy (non-hydrogen) atoms. The molecule has 0 unspecified atom stereocenters. The van der Waals surface area contributed by atoms with Gasteiger partial charge in [0, 0.05) is 6.42 Å². The number of carbonyl (C=O) groups excluding carboxylic acids is 2. The summed E-state index contributed by atoms with van der Waals surface area (Å²) in [6, 6.07) is 13.1. The van der Waals surface area contributed by atoms with Gasteiger partial charge in [-0.25, -0.2) is 4.99 Å². The molecule has 0 atom stereocenters. The highest BCUT2D eigenvalue weighted by atomic mass is 79.9. The van der Waals surface area contributed by atoms with E-state index in [9.17, 15) is 9.59 Å². The predicted octanol–water partition coefficient (Wildman–Crippen LogP) is 2.63. The van der Waals surface area contributed by atoms with Crippen LogP contribution in [0, 0.1) is 0 Å². The molecule has 1 aliphatic heterocycles. The molecular formula is C20H18BrN3O4S. The Bertz CT molecular complexity index is 995. The van der Waals surface area contributed by atoms with E-state index in [0.717, 1.165) is 11.1 Å². The molecule has 0 fully saturated rings. The predicted molar refractivity (Wildman–Crippen MR) is 116 cm³/mol. The van der Waals surface area contributed by atoms with Crippen molar-refractivity contribution in [1.29, 1.82) is 0 Å². The summed E-state index contributed by atoms with van der Waals surface area (Å²) in [6.07, 6.45) is 0.273. The fourth-order valence-corrected chi connectivity index (χ4v) is 3.70. The summed E-state index contributed by atoms with van der Waals surface area (Å²) < 4.78 is 11.3. The minimum atomic E-state index is -0.596. The van der Waals surface area contributed by atoms with E-state index in [2.05, 4.69) is 20.9 Å². The van der Waals surface area contributed by atoms with Crippen LogP contribution in [0.4, 0.5) is 0 Å². The number of nitrogens with two attached hydrogens (primary N) is 1. The van der Waals surface area contributed by atoms with Crippen molar-refractivity contribution < 1.29 is 19.1 Å². The molecule has 0 bridgehead atoms. The molecule has 1 aliphatic rings. The van der Waals surface area contributed by atoms with Crippen molar-refractivity contribution in [2.24, 2.45) is 10.7 Å². The summed E-state index contributed by atoms with van der Waals surface area (Å²) in [4.78, 5) is 29.5. The van der Waals surface area contributed by atoms with Crippen LogP contribution in [0.3, 0.4) is 0 Å². The van der Waals surface area contributed by atoms with Crippen molar-refractivity contribution in [3.8, 4) is 11.5 Å². The van der Waals surface area contributed by atoms with Gasteiger partial charge in [-0.05, 0) is 51.4 Å². The number of ether oxygens (including phenoxy) is 2. The maximum absolute atomic E-state index is 12.8. The van der Waals surface area contributed by atoms with Gasteiger partial charge in [0.15, 0.2) is 18.1 Å². The second-order valence-electron chi connectivity index (χ2n) is 6.26. The van der Waals surface area contributed by atoms with Gasteiger partial charge in [-0.3, -0.25) is 14.5 Å². The highest BCUT2D eigenvalue weighted by Crippen LogP contribution is 2.37. The number of carbonyl (C=O) groups is 2. The van der Waals surface area contributed by atoms with Crippen molar-refractivity contribution in [3.63, 3.8) is 0 Å². The smallest absolute Gasteiger partial charge is 0.275 e. The monoisotopic (exact) mass is 475 g/mol. The first kappa shape index (κ1) is 20.9. The van der Waals surface area contributed by atoms with Crippen molar-refractivity contribution in [2.75, 3.05) is 13.7 Å². The van der Waals surface area contributed by atoms with E-state index in [0.29, 0.717) is 28.2 Å². The quantitative estimate of drug-likeness (QED) is 0.592. The second-order valence-corrected chi connectivity index (χ2v) is 7.48. The lowest BCUT2D eigenvalue weighted by Gasteiger charge is -2.15. The average molecular weight is 476 g/mol. The summed E-state index contributed by atoms with van der Waals surface area (Å²) >= 11 is 8.69. The number of benzene rings is 2. The number of aliphatic imine (C=N–C) groups is 1. The lowest BCUT2D eigenvalue weighted by molar-refractivity contribution is -0.121. The molecule has 2 aromatic rings. The highest BCUT2D eigenvalue weighted by Gasteiger charge is 2.30. The Morgan fingerprint density at radius 3 is 2.62 bits per heavy atom. The molecular weight excluding hydrogens is 458 g/mol. The number of primary amides is 1. The van der Waals surface area contributed by atoms with Crippen LogP contribution in [0.5, 0.6) is 11.5 Å². The van der Waals surface area contributed by atoms with E-state index in [1.54, 1.807) is 12.1 Å². The summed E-state index contributed by atoms with van der Waals surface area (Å²) in [5.41, 5.74) is 7.23. The van der Waals surface area contributed by atoms with E-state index < -0.39 is 5.91 Å². The lowest BCUT2D eigenvalue weighted by atomic mass is 10.1. The number of nitrogens with zero attached hydrogens (tertiary/aromatic N) is 2. The first-order valence-corrected chi connectivity index (χ1v) is 9.84. The van der Waals surface area contributed by atoms with Gasteiger partial charge in [0.05, 0.1) is 18.1 Å². The minimum absolute atomic E-state index is 0.219. The molecule has 150 valence electrons. The van der Waals surface area contributed by atoms with Crippen molar-refractivity contribution in [3.05, 3.63) is 58.1 Å². The Kier molecular flexibility index (Phi) is 6.60. The van der Waals surface area contributed by atoms with Gasteiger partial charge in [-0.15, -0.1) is 0 Å². The highest BCUT2D eigenvalue weighted by molar-refractivity contribution is 9.10. The van der Waals surface area contributed by atoms with Gasteiger partial charge in [-0.2, -0.15) is 0 Å². The van der Waals surface area contributed by atoms with Crippen LogP contribution in [0.2, 0.25) is 0 Å². The first-order chi connectivity index (χ1) is 13.9. The Morgan fingerprint density at radius 2 is 1.97 bits per heavy atom. The normalized spacial score (nSPS) is 13.4. The van der Waals surface area contributed by atoms with Crippen LogP contribution in [0.1, 0.15) is 11.1 Å². The SMILES string of the molecule is COc1cc(CC2=NC(=S)N(Cc3ccccc3)C2=O)cc(Br)c1OCC(N)=O. The molecule has 0 saturated carbocycles. The third kappa shape index (κ3) is 4.99. The molecule has 2 amide bonds. The molecule has 3 rings (SSSR count). The molecule has 0 spiro atoms. The Balaban J connectivity index is 1.76. The van der Waals surface area contributed by atoms with Gasteiger partial charge in [0.25, 0.3) is 11.8 Å². The summed E-state index contributed by atoms with van der Waals surface area (Å²) in [7, 11) is 1.48. The third-order valence-electron chi connectivity index (χ3n) is 4.16. The maximum Gasteiger partial charge on any atom is 0.275 e. The minimum Gasteiger partial charge on any atom is -0.493 e. The van der Waals surface area contributed by atoms with Crippen LogP contribution in [-0.2, 0) is 22.6 Å². The maximum atomic E-state index is 12.8. The molecule has 0 radical (unpaired) electrons. The zero-order valence-electron chi connectivity index (χ0n) is 15.6. The fraction of sp³-hybridized carbons (Fsp3) is 0.200. The molecule has 2 N–H and O–H groups in total. The summed E-state index contributed by atoms with van der Waals surface area (Å²) in [5.74, 6) is -0.0506. The van der Waals surface area contributed by atoms with E-state index in [1.807, 2.05) is 30.3 Å². The third-order valence-corrected chi connectivity index (χ3v) is 5.06. The van der Waals surface area contributed by atoms with Gasteiger partial charge in [-0.1, -0.05) is 30.3 Å². The molecule has 0 aromatic heterocycles. The first-order valence-electron chi connectivity index (χ1n) is 8.64. The number of hydrogen-bond acceptors (Lipinski definition) is 5. The second kappa shape index (κ2) is 9.15. The van der Waals surface area contributed by atoms with Crippen molar-refractivity contribution in [1.82, 2.24) is 4.90 Å². The summed E-state index contributed by atoms with van der Waals surface area (Å²) in [6.45, 7) is 0.0979. The number of rotatable bonds is 8. The molecule has 9 heteroatoms. The largest absolute Gasteiger partial charge is 0.493 e. The van der Waals surface area contributed by atoms with Crippen LogP contribution in [0.15, 0.2) is 51.9 Å². The van der Waals surface area contributed by atoms with Crippen LogP contribution >= 0.6 is 28.1 Å². The van der Waals surface area contributed by atoms with Gasteiger partial charge >= 0.3 is 0 Å². The molecule has 7 nitrogen and oxygen atoms in total. The molecule has 2 aromatic carbocycles. The Morgan fingerprint density at radius 1 is 1.24 bits per heavy atom. The van der Waals surface area contributed by atoms with Gasteiger partial charge in [0.1, 0.15) is 5.71 Å². The zero-order valence-corrected chi connectivity index (χ0v) is 18.0. The molecule has 1 heterocycles. The zero-order chi connectivity index (χ0) is 21.0. The topological polar surface area (TPSA) is 94.2 Å². The molecule has 0 aliphatic carbocycles. The van der Waals surface area contributed by atoms with Gasteiger partial charge in [0.2, 0.25) is 5.11 Å². The number of halogens is 1. The van der Waals surface area contributed by atoms with E-state index >= 15 is 0 Å². The lowest BCUT2D eigenvalue weighted by Crippen LogP contribution is -2.32. The Labute approximate surface area is 181 Å². The van der Waals surface area contributed by atoms with Gasteiger partial charge < -0.3 is 15.2 Å². The number of thiocarbonyl (C=S) groups is 1. The van der Waals surface area contributed by atoms with Crippen molar-refractivity contribution in [2.45, 2.75) is 13.0 Å². The standard InChI is InChI=1S/C20H18BrN3O4S/c1-27-16-9-13(7-14(21)18(16)28-11-17(22)25)8-15-19(26)24(20(29)23-15)10-12-5-3-2-4-6-12/h2-7,9H,8,10-11H2,1H3,(H2,22,25). The summed E-state index contributed by atoms with van der Waals surface area (Å²) in [5, 5.41) is 0.251. The number of hydrogen-bond donors (Lipinski definition) is 1. The van der Waals surface area contributed by atoms with E-state index in [-0.39, 0.29) is 24.0 Å². The Hall–Kier alpha value is -2.78. The molecule has 0 saturated heterocycles. The average Bonchev–Trinajstić information content (AvgIpc) is 2.94. The van der Waals surface area contributed by atoms with Crippen LogP contribution in [-0.4, -0.2) is 41.3 Å². The fourth-order valence-electron chi connectivity index (χ4n) is 2.84. The van der Waals surface area contributed by atoms with Crippen molar-refractivity contribution >= 4 is 50.8 Å². The van der Waals surface area contributed by atoms with Crippen LogP contribution in [0.25, 0.3) is 0 Å². The number of methoxy groups -OCH3 is 1.